The Morgan fingerprint density at radius 1 is 0.842 bits per heavy atom. The standard InChI is InChI=1S/C18H22O/c1-14-8-9-17(10-15(14)2)12-18(13-19)11-16-6-4-3-5-7-16/h3-10,18-19H,11-13H2,1-2H3. The number of aliphatic hydroxyl groups excluding tert-OH is 1. The van der Waals surface area contributed by atoms with Crippen molar-refractivity contribution in [2.45, 2.75) is 26.7 Å². The molecule has 2 aromatic rings. The van der Waals surface area contributed by atoms with Crippen LogP contribution in [0.2, 0.25) is 0 Å². The minimum atomic E-state index is 0.238. The summed E-state index contributed by atoms with van der Waals surface area (Å²) in [6, 6.07) is 17.0. The fourth-order valence-corrected chi connectivity index (χ4v) is 2.41. The van der Waals surface area contributed by atoms with Gasteiger partial charge in [-0.1, -0.05) is 48.5 Å². The average molecular weight is 254 g/mol. The van der Waals surface area contributed by atoms with Crippen molar-refractivity contribution < 1.29 is 5.11 Å². The predicted molar refractivity (Wildman–Crippen MR) is 80.3 cm³/mol. The van der Waals surface area contributed by atoms with Crippen molar-refractivity contribution in [3.05, 3.63) is 70.8 Å². The van der Waals surface area contributed by atoms with E-state index in [9.17, 15) is 5.11 Å². The number of hydrogen-bond acceptors (Lipinski definition) is 1. The quantitative estimate of drug-likeness (QED) is 0.862. The first kappa shape index (κ1) is 13.8. The van der Waals surface area contributed by atoms with Crippen molar-refractivity contribution in [1.82, 2.24) is 0 Å². The summed E-state index contributed by atoms with van der Waals surface area (Å²) in [4.78, 5) is 0. The van der Waals surface area contributed by atoms with E-state index in [2.05, 4.69) is 56.3 Å². The monoisotopic (exact) mass is 254 g/mol. The zero-order valence-electron chi connectivity index (χ0n) is 11.8. The van der Waals surface area contributed by atoms with Gasteiger partial charge in [0.25, 0.3) is 0 Å². The van der Waals surface area contributed by atoms with Gasteiger partial charge >= 0.3 is 0 Å². The Morgan fingerprint density at radius 2 is 1.53 bits per heavy atom. The summed E-state index contributed by atoms with van der Waals surface area (Å²) < 4.78 is 0. The summed E-state index contributed by atoms with van der Waals surface area (Å²) in [6.07, 6.45) is 1.87. The van der Waals surface area contributed by atoms with Crippen LogP contribution in [0.4, 0.5) is 0 Å². The van der Waals surface area contributed by atoms with Crippen LogP contribution in [0.1, 0.15) is 22.3 Å². The van der Waals surface area contributed by atoms with Gasteiger partial charge < -0.3 is 5.11 Å². The smallest absolute Gasteiger partial charge is 0.0465 e. The van der Waals surface area contributed by atoms with E-state index in [4.69, 9.17) is 0 Å². The number of aryl methyl sites for hydroxylation is 2. The summed E-state index contributed by atoms with van der Waals surface area (Å²) in [6.45, 7) is 4.51. The van der Waals surface area contributed by atoms with Gasteiger partial charge in [0.15, 0.2) is 0 Å². The molecule has 19 heavy (non-hydrogen) atoms. The van der Waals surface area contributed by atoms with Gasteiger partial charge in [-0.25, -0.2) is 0 Å². The van der Waals surface area contributed by atoms with Gasteiger partial charge in [-0.15, -0.1) is 0 Å². The molecule has 0 aromatic heterocycles. The maximum absolute atomic E-state index is 9.57. The van der Waals surface area contributed by atoms with E-state index in [0.29, 0.717) is 5.92 Å². The number of benzene rings is 2. The van der Waals surface area contributed by atoms with Crippen LogP contribution in [-0.2, 0) is 12.8 Å². The van der Waals surface area contributed by atoms with Gasteiger partial charge in [0.2, 0.25) is 0 Å². The van der Waals surface area contributed by atoms with Gasteiger partial charge in [0.1, 0.15) is 0 Å². The highest BCUT2D eigenvalue weighted by molar-refractivity contribution is 5.30. The van der Waals surface area contributed by atoms with E-state index in [1.54, 1.807) is 0 Å². The van der Waals surface area contributed by atoms with Crippen LogP contribution in [0.25, 0.3) is 0 Å². The maximum Gasteiger partial charge on any atom is 0.0465 e. The van der Waals surface area contributed by atoms with E-state index in [-0.39, 0.29) is 6.61 Å². The van der Waals surface area contributed by atoms with Crippen LogP contribution in [-0.4, -0.2) is 11.7 Å². The molecule has 0 heterocycles. The third-order valence-electron chi connectivity index (χ3n) is 3.72. The lowest BCUT2D eigenvalue weighted by atomic mass is 9.92. The molecular formula is C18H22O. The van der Waals surface area contributed by atoms with Crippen molar-refractivity contribution in [2.24, 2.45) is 5.92 Å². The molecule has 2 aromatic carbocycles. The first-order valence-electron chi connectivity index (χ1n) is 6.90. The molecule has 100 valence electrons. The number of rotatable bonds is 5. The molecule has 0 aliphatic carbocycles. The molecule has 1 atom stereocenters. The van der Waals surface area contributed by atoms with E-state index in [0.717, 1.165) is 12.8 Å². The molecule has 0 aliphatic rings. The molecule has 0 aliphatic heterocycles. The zero-order chi connectivity index (χ0) is 13.7. The minimum Gasteiger partial charge on any atom is -0.396 e. The van der Waals surface area contributed by atoms with E-state index in [1.165, 1.54) is 22.3 Å². The van der Waals surface area contributed by atoms with Gasteiger partial charge in [-0.3, -0.25) is 0 Å². The summed E-state index contributed by atoms with van der Waals surface area (Å²) in [5, 5.41) is 9.57. The second-order valence-electron chi connectivity index (χ2n) is 5.36. The molecule has 1 N–H and O–H groups in total. The largest absolute Gasteiger partial charge is 0.396 e. The van der Waals surface area contributed by atoms with E-state index in [1.807, 2.05) is 6.07 Å². The molecule has 0 amide bonds. The Morgan fingerprint density at radius 3 is 2.16 bits per heavy atom. The van der Waals surface area contributed by atoms with Crippen LogP contribution in [0.5, 0.6) is 0 Å². The molecule has 0 saturated heterocycles. The molecule has 0 spiro atoms. The highest BCUT2D eigenvalue weighted by Gasteiger charge is 2.10. The summed E-state index contributed by atoms with van der Waals surface area (Å²) >= 11 is 0. The van der Waals surface area contributed by atoms with Crippen LogP contribution in [0, 0.1) is 19.8 Å². The number of hydrogen-bond donors (Lipinski definition) is 1. The lowest BCUT2D eigenvalue weighted by Gasteiger charge is -2.15. The normalized spacial score (nSPS) is 12.4. The molecule has 2 rings (SSSR count). The molecule has 0 saturated carbocycles. The lowest BCUT2D eigenvalue weighted by Crippen LogP contribution is -2.13. The van der Waals surface area contributed by atoms with Crippen molar-refractivity contribution >= 4 is 0 Å². The lowest BCUT2D eigenvalue weighted by molar-refractivity contribution is 0.225. The third-order valence-corrected chi connectivity index (χ3v) is 3.72. The Labute approximate surface area is 115 Å². The Hall–Kier alpha value is -1.60. The van der Waals surface area contributed by atoms with Gasteiger partial charge in [0, 0.05) is 6.61 Å². The zero-order valence-corrected chi connectivity index (χ0v) is 11.8. The molecule has 0 fully saturated rings. The Balaban J connectivity index is 2.04. The van der Waals surface area contributed by atoms with Crippen LogP contribution in [0.15, 0.2) is 48.5 Å². The average Bonchev–Trinajstić information content (AvgIpc) is 2.43. The highest BCUT2D eigenvalue weighted by atomic mass is 16.3. The van der Waals surface area contributed by atoms with Crippen LogP contribution >= 0.6 is 0 Å². The topological polar surface area (TPSA) is 20.2 Å². The summed E-state index contributed by atoms with van der Waals surface area (Å²) in [7, 11) is 0. The second-order valence-corrected chi connectivity index (χ2v) is 5.36. The molecule has 1 heteroatoms. The Kier molecular flexibility index (Phi) is 4.75. The predicted octanol–water partition coefficient (Wildman–Crippen LogP) is 3.70. The van der Waals surface area contributed by atoms with Gasteiger partial charge in [-0.2, -0.15) is 0 Å². The van der Waals surface area contributed by atoms with Crippen molar-refractivity contribution in [1.29, 1.82) is 0 Å². The molecule has 1 unspecified atom stereocenters. The fraction of sp³-hybridized carbons (Fsp3) is 0.333. The SMILES string of the molecule is Cc1ccc(CC(CO)Cc2ccccc2)cc1C. The second kappa shape index (κ2) is 6.53. The molecule has 1 nitrogen and oxygen atoms in total. The van der Waals surface area contributed by atoms with Crippen molar-refractivity contribution in [3.8, 4) is 0 Å². The van der Waals surface area contributed by atoms with Gasteiger partial charge in [-0.05, 0) is 54.9 Å². The van der Waals surface area contributed by atoms with Crippen LogP contribution in [0.3, 0.4) is 0 Å². The third kappa shape index (κ3) is 3.93. The number of aliphatic hydroxyl groups is 1. The fourth-order valence-electron chi connectivity index (χ4n) is 2.41. The molecule has 0 bridgehead atoms. The minimum absolute atomic E-state index is 0.238. The maximum atomic E-state index is 9.57. The van der Waals surface area contributed by atoms with Crippen LogP contribution < -0.4 is 0 Å². The first-order chi connectivity index (χ1) is 9.19. The van der Waals surface area contributed by atoms with Crippen molar-refractivity contribution in [2.75, 3.05) is 6.61 Å². The van der Waals surface area contributed by atoms with E-state index >= 15 is 0 Å². The summed E-state index contributed by atoms with van der Waals surface area (Å²) in [5.74, 6) is 0.296. The van der Waals surface area contributed by atoms with Crippen molar-refractivity contribution in [3.63, 3.8) is 0 Å². The van der Waals surface area contributed by atoms with E-state index < -0.39 is 0 Å². The molecular weight excluding hydrogens is 232 g/mol. The first-order valence-corrected chi connectivity index (χ1v) is 6.90. The van der Waals surface area contributed by atoms with Gasteiger partial charge in [0.05, 0.1) is 0 Å². The summed E-state index contributed by atoms with van der Waals surface area (Å²) in [5.41, 5.74) is 5.27. The Bertz CT molecular complexity index is 516. The highest BCUT2D eigenvalue weighted by Crippen LogP contribution is 2.17. The molecule has 0 radical (unpaired) electrons.